The van der Waals surface area contributed by atoms with Gasteiger partial charge in [-0.05, 0) is 18.6 Å². The van der Waals surface area contributed by atoms with Gasteiger partial charge in [0.1, 0.15) is 12.0 Å². The lowest BCUT2D eigenvalue weighted by Gasteiger charge is -2.15. The Bertz CT molecular complexity index is 517. The van der Waals surface area contributed by atoms with Crippen molar-refractivity contribution in [2.45, 2.75) is 24.9 Å². The molecule has 0 bridgehead atoms. The summed E-state index contributed by atoms with van der Waals surface area (Å²) in [5.41, 5.74) is 1.06. The minimum absolute atomic E-state index is 0.0513. The maximum atomic E-state index is 9.79. The summed E-state index contributed by atoms with van der Waals surface area (Å²) >= 11 is 0. The highest BCUT2D eigenvalue weighted by atomic mass is 16.7. The number of hydrogen-bond donors (Lipinski definition) is 4. The molecule has 6 nitrogen and oxygen atoms in total. The van der Waals surface area contributed by atoms with Crippen LogP contribution in [-0.2, 0) is 0 Å². The van der Waals surface area contributed by atoms with Crippen LogP contribution in [0.15, 0.2) is 41.0 Å². The van der Waals surface area contributed by atoms with Crippen LogP contribution in [0.4, 0.5) is 0 Å². The van der Waals surface area contributed by atoms with E-state index in [0.717, 1.165) is 5.56 Å². The SMILES string of the molecule is OC(CCC(O)(O)O)c1coc(-c2ccccc2)n1. The maximum absolute atomic E-state index is 9.79. The molecule has 1 atom stereocenters. The maximum Gasteiger partial charge on any atom is 0.275 e. The van der Waals surface area contributed by atoms with Crippen LogP contribution in [0.2, 0.25) is 0 Å². The zero-order chi connectivity index (χ0) is 13.9. The molecule has 1 aromatic carbocycles. The first-order valence-corrected chi connectivity index (χ1v) is 5.82. The molecule has 0 aliphatic rings. The van der Waals surface area contributed by atoms with Gasteiger partial charge >= 0.3 is 0 Å². The van der Waals surface area contributed by atoms with Crippen molar-refractivity contribution < 1.29 is 24.8 Å². The summed E-state index contributed by atoms with van der Waals surface area (Å²) in [5.74, 6) is -2.41. The first-order chi connectivity index (χ1) is 8.96. The van der Waals surface area contributed by atoms with E-state index in [4.69, 9.17) is 19.7 Å². The summed E-state index contributed by atoms with van der Waals surface area (Å²) in [6, 6.07) is 9.19. The summed E-state index contributed by atoms with van der Waals surface area (Å²) < 4.78 is 5.25. The van der Waals surface area contributed by atoms with E-state index in [1.165, 1.54) is 6.26 Å². The second-order valence-corrected chi connectivity index (χ2v) is 4.27. The van der Waals surface area contributed by atoms with Crippen molar-refractivity contribution in [2.24, 2.45) is 0 Å². The fraction of sp³-hybridized carbons (Fsp3) is 0.308. The van der Waals surface area contributed by atoms with Gasteiger partial charge in [0.05, 0.1) is 6.10 Å². The Hall–Kier alpha value is -1.73. The molecule has 0 saturated carbocycles. The van der Waals surface area contributed by atoms with Crippen molar-refractivity contribution in [2.75, 3.05) is 0 Å². The fourth-order valence-corrected chi connectivity index (χ4v) is 1.63. The van der Waals surface area contributed by atoms with Crippen molar-refractivity contribution >= 4 is 0 Å². The van der Waals surface area contributed by atoms with Crippen LogP contribution >= 0.6 is 0 Å². The van der Waals surface area contributed by atoms with E-state index in [9.17, 15) is 5.11 Å². The molecule has 0 aliphatic carbocycles. The molecular weight excluding hydrogens is 250 g/mol. The van der Waals surface area contributed by atoms with Crippen molar-refractivity contribution in [3.8, 4) is 11.5 Å². The molecule has 0 spiro atoms. The minimum Gasteiger partial charge on any atom is -0.444 e. The molecule has 0 aliphatic heterocycles. The Labute approximate surface area is 109 Å². The van der Waals surface area contributed by atoms with Crippen molar-refractivity contribution in [1.29, 1.82) is 0 Å². The van der Waals surface area contributed by atoms with E-state index >= 15 is 0 Å². The van der Waals surface area contributed by atoms with Crippen LogP contribution in [0.3, 0.4) is 0 Å². The lowest BCUT2D eigenvalue weighted by Crippen LogP contribution is -2.27. The number of nitrogens with zero attached hydrogens (tertiary/aromatic N) is 1. The molecule has 102 valence electrons. The van der Waals surface area contributed by atoms with Crippen LogP contribution in [0, 0.1) is 0 Å². The predicted octanol–water partition coefficient (Wildman–Crippen LogP) is 0.786. The lowest BCUT2D eigenvalue weighted by atomic mass is 10.1. The Morgan fingerprint density at radius 1 is 1.16 bits per heavy atom. The summed E-state index contributed by atoms with van der Waals surface area (Å²) in [6.45, 7) is 0. The third-order valence-electron chi connectivity index (χ3n) is 2.64. The number of rotatable bonds is 5. The highest BCUT2D eigenvalue weighted by molar-refractivity contribution is 5.52. The lowest BCUT2D eigenvalue weighted by molar-refractivity contribution is -0.316. The molecule has 19 heavy (non-hydrogen) atoms. The van der Waals surface area contributed by atoms with Gasteiger partial charge in [0.25, 0.3) is 5.97 Å². The topological polar surface area (TPSA) is 107 Å². The second-order valence-electron chi connectivity index (χ2n) is 4.27. The normalized spacial score (nSPS) is 13.5. The average molecular weight is 265 g/mol. The van der Waals surface area contributed by atoms with Gasteiger partial charge in [0.2, 0.25) is 5.89 Å². The summed E-state index contributed by atoms with van der Waals surface area (Å²) in [6.07, 6.45) is -0.167. The standard InChI is InChI=1S/C13H15NO5/c15-11(6-7-13(16,17)18)10-8-19-12(14-10)9-4-2-1-3-5-9/h1-5,8,11,15-18H,6-7H2. The van der Waals surface area contributed by atoms with Crippen molar-refractivity contribution in [3.05, 3.63) is 42.3 Å². The predicted molar refractivity (Wildman–Crippen MR) is 65.5 cm³/mol. The van der Waals surface area contributed by atoms with Crippen molar-refractivity contribution in [3.63, 3.8) is 0 Å². The third-order valence-corrected chi connectivity index (χ3v) is 2.64. The quantitative estimate of drug-likeness (QED) is 0.595. The minimum atomic E-state index is -2.78. The number of aliphatic hydroxyl groups is 4. The van der Waals surface area contributed by atoms with Gasteiger partial charge in [0.15, 0.2) is 0 Å². The van der Waals surface area contributed by atoms with Crippen LogP contribution in [-0.4, -0.2) is 31.4 Å². The molecule has 2 aromatic rings. The van der Waals surface area contributed by atoms with Gasteiger partial charge in [-0.1, -0.05) is 18.2 Å². The molecule has 1 unspecified atom stereocenters. The molecule has 0 saturated heterocycles. The van der Waals surface area contributed by atoms with Gasteiger partial charge in [-0.3, -0.25) is 0 Å². The monoisotopic (exact) mass is 265 g/mol. The van der Waals surface area contributed by atoms with Crippen LogP contribution in [0.25, 0.3) is 11.5 Å². The Balaban J connectivity index is 2.05. The van der Waals surface area contributed by atoms with Gasteiger partial charge in [-0.15, -0.1) is 0 Å². The number of oxazole rings is 1. The van der Waals surface area contributed by atoms with E-state index in [2.05, 4.69) is 4.98 Å². The Morgan fingerprint density at radius 2 is 1.84 bits per heavy atom. The van der Waals surface area contributed by atoms with E-state index in [0.29, 0.717) is 5.89 Å². The molecule has 0 fully saturated rings. The van der Waals surface area contributed by atoms with Crippen molar-refractivity contribution in [1.82, 2.24) is 4.98 Å². The van der Waals surface area contributed by atoms with Gasteiger partial charge < -0.3 is 24.8 Å². The molecular formula is C13H15NO5. The second kappa shape index (κ2) is 5.50. The van der Waals surface area contributed by atoms with E-state index in [-0.39, 0.29) is 18.5 Å². The zero-order valence-corrected chi connectivity index (χ0v) is 10.1. The average Bonchev–Trinajstić information content (AvgIpc) is 2.86. The first kappa shape index (κ1) is 13.7. The van der Waals surface area contributed by atoms with E-state index in [1.54, 1.807) is 0 Å². The van der Waals surface area contributed by atoms with Gasteiger partial charge in [-0.25, -0.2) is 4.98 Å². The first-order valence-electron chi connectivity index (χ1n) is 5.82. The zero-order valence-electron chi connectivity index (χ0n) is 10.1. The molecule has 4 N–H and O–H groups in total. The highest BCUT2D eigenvalue weighted by Gasteiger charge is 2.22. The highest BCUT2D eigenvalue weighted by Crippen LogP contribution is 2.24. The number of hydrogen-bond acceptors (Lipinski definition) is 6. The summed E-state index contributed by atoms with van der Waals surface area (Å²) in [5, 5.41) is 36.0. The summed E-state index contributed by atoms with van der Waals surface area (Å²) in [7, 11) is 0. The number of aliphatic hydroxyl groups excluding tert-OH is 1. The third kappa shape index (κ3) is 3.87. The molecule has 0 radical (unpaired) electrons. The summed E-state index contributed by atoms with van der Waals surface area (Å²) in [4.78, 5) is 4.12. The molecule has 6 heteroatoms. The van der Waals surface area contributed by atoms with E-state index in [1.807, 2.05) is 30.3 Å². The van der Waals surface area contributed by atoms with Crippen LogP contribution in [0.5, 0.6) is 0 Å². The molecule has 0 amide bonds. The van der Waals surface area contributed by atoms with Gasteiger partial charge in [0, 0.05) is 12.0 Å². The Morgan fingerprint density at radius 3 is 2.47 bits per heavy atom. The largest absolute Gasteiger partial charge is 0.444 e. The number of aromatic nitrogens is 1. The molecule has 2 rings (SSSR count). The van der Waals surface area contributed by atoms with Crippen LogP contribution < -0.4 is 0 Å². The smallest absolute Gasteiger partial charge is 0.275 e. The number of benzene rings is 1. The van der Waals surface area contributed by atoms with Gasteiger partial charge in [-0.2, -0.15) is 0 Å². The fourth-order valence-electron chi connectivity index (χ4n) is 1.63. The van der Waals surface area contributed by atoms with E-state index < -0.39 is 12.1 Å². The van der Waals surface area contributed by atoms with Crippen LogP contribution in [0.1, 0.15) is 24.6 Å². The Kier molecular flexibility index (Phi) is 3.96. The molecule has 1 heterocycles. The molecule has 1 aromatic heterocycles.